The number of carbonyl (C=O) groups excluding carboxylic acids is 6. The van der Waals surface area contributed by atoms with Crippen molar-refractivity contribution in [1.29, 1.82) is 0 Å². The number of hydrazine groups is 1. The van der Waals surface area contributed by atoms with Gasteiger partial charge in [-0.05, 0) is 76.9 Å². The maximum Gasteiger partial charge on any atom is 0.426 e. The number of methoxy groups -OCH3 is 2. The van der Waals surface area contributed by atoms with E-state index in [4.69, 9.17) is 42.6 Å². The van der Waals surface area contributed by atoms with Crippen molar-refractivity contribution in [2.24, 2.45) is 0 Å². The lowest BCUT2D eigenvalue weighted by atomic mass is 10.1. The highest BCUT2D eigenvalue weighted by molar-refractivity contribution is 6.02. The van der Waals surface area contributed by atoms with Crippen LogP contribution >= 0.6 is 0 Å². The monoisotopic (exact) mass is 1120 g/mol. The number of rotatable bonds is 14. The van der Waals surface area contributed by atoms with Gasteiger partial charge in [-0.3, -0.25) is 19.2 Å². The fourth-order valence-electron chi connectivity index (χ4n) is 6.81. The zero-order chi connectivity index (χ0) is 59.0. The predicted molar refractivity (Wildman–Crippen MR) is 292 cm³/mol. The van der Waals surface area contributed by atoms with Crippen LogP contribution in [0.25, 0.3) is 0 Å². The van der Waals surface area contributed by atoms with Crippen LogP contribution in [0.1, 0.15) is 85.2 Å². The number of hydrogen-bond donors (Lipinski definition) is 8. The van der Waals surface area contributed by atoms with Crippen molar-refractivity contribution in [3.63, 3.8) is 0 Å². The van der Waals surface area contributed by atoms with Crippen LogP contribution in [0.4, 0.5) is 21.0 Å². The summed E-state index contributed by atoms with van der Waals surface area (Å²) in [5, 5.41) is 35.7. The molecule has 2 aromatic heterocycles. The number of hydrogen-bond acceptors (Lipinski definition) is 19. The molecule has 2 aliphatic heterocycles. The smallest absolute Gasteiger partial charge is 0.426 e. The van der Waals surface area contributed by atoms with E-state index in [1.165, 1.54) is 18.2 Å². The van der Waals surface area contributed by atoms with E-state index in [0.29, 0.717) is 72.8 Å². The van der Waals surface area contributed by atoms with Crippen molar-refractivity contribution in [1.82, 2.24) is 31.8 Å². The lowest BCUT2D eigenvalue weighted by molar-refractivity contribution is -0.119. The Hall–Kier alpha value is -9.20. The van der Waals surface area contributed by atoms with Crippen LogP contribution in [0.15, 0.2) is 118 Å². The second kappa shape index (κ2) is 30.8. The number of phenols is 1. The van der Waals surface area contributed by atoms with Gasteiger partial charge in [-0.2, -0.15) is 0 Å². The van der Waals surface area contributed by atoms with E-state index in [1.54, 1.807) is 86.1 Å². The Morgan fingerprint density at radius 3 is 1.47 bits per heavy atom. The number of ether oxygens (including phenoxy) is 7. The molecule has 0 unspecified atom stereocenters. The molecule has 2 atom stereocenters. The molecule has 25 nitrogen and oxygen atoms in total. The molecule has 0 radical (unpaired) electrons. The quantitative estimate of drug-likeness (QED) is 0.0347. The number of anilines is 2. The summed E-state index contributed by atoms with van der Waals surface area (Å²) < 4.78 is 46.5. The third-order valence-electron chi connectivity index (χ3n) is 10.4. The Morgan fingerprint density at radius 2 is 1.05 bits per heavy atom. The second-order valence-electron chi connectivity index (χ2n) is 19.5. The molecule has 434 valence electrons. The van der Waals surface area contributed by atoms with Crippen molar-refractivity contribution in [2.45, 2.75) is 77.7 Å². The highest BCUT2D eigenvalue weighted by Crippen LogP contribution is 2.32. The minimum atomic E-state index is -0.920. The molecule has 4 aromatic carbocycles. The van der Waals surface area contributed by atoms with Crippen LogP contribution in [0, 0.1) is 0 Å². The van der Waals surface area contributed by atoms with Crippen molar-refractivity contribution in [3.05, 3.63) is 143 Å². The largest absolute Gasteiger partial charge is 0.508 e. The number of carbonyl (C=O) groups is 6. The highest BCUT2D eigenvalue weighted by atomic mass is 16.6. The van der Waals surface area contributed by atoms with Gasteiger partial charge >= 0.3 is 12.2 Å². The van der Waals surface area contributed by atoms with Gasteiger partial charge in [0.05, 0.1) is 31.2 Å². The summed E-state index contributed by atoms with van der Waals surface area (Å²) in [6, 6.07) is 30.1. The molecule has 0 bridgehead atoms. The summed E-state index contributed by atoms with van der Waals surface area (Å²) in [4.78, 5) is 72.3. The van der Waals surface area contributed by atoms with Gasteiger partial charge in [-0.25, -0.2) is 20.4 Å². The maximum absolute atomic E-state index is 12.6. The van der Waals surface area contributed by atoms with Crippen LogP contribution in [0.2, 0.25) is 0 Å². The number of aromatic hydroxyl groups is 1. The average Bonchev–Trinajstić information content (AvgIpc) is 4.08. The molecule has 4 heterocycles. The third kappa shape index (κ3) is 22.2. The van der Waals surface area contributed by atoms with Gasteiger partial charge in [-0.1, -0.05) is 71.0 Å². The molecule has 0 aliphatic carbocycles. The minimum absolute atomic E-state index is 0.0176. The number of nitrogens with one attached hydrogen (secondary N) is 6. The average molecular weight is 1130 g/mol. The van der Waals surface area contributed by atoms with Gasteiger partial charge < -0.3 is 73.7 Å². The van der Waals surface area contributed by atoms with Crippen molar-refractivity contribution in [2.75, 3.05) is 64.5 Å². The van der Waals surface area contributed by atoms with Gasteiger partial charge in [0.1, 0.15) is 77.6 Å². The lowest BCUT2D eigenvalue weighted by Gasteiger charge is -2.22. The van der Waals surface area contributed by atoms with Crippen LogP contribution in [-0.4, -0.2) is 133 Å². The van der Waals surface area contributed by atoms with E-state index in [-0.39, 0.29) is 37.0 Å². The molecule has 2 aliphatic rings. The number of benzene rings is 4. The summed E-state index contributed by atoms with van der Waals surface area (Å²) in [6.07, 6.45) is -0.456. The molecule has 8 rings (SSSR count). The molecular formula is C56H68N8O17. The highest BCUT2D eigenvalue weighted by Gasteiger charge is 2.30. The fraction of sp³-hybridized carbons (Fsp3) is 0.357. The van der Waals surface area contributed by atoms with E-state index in [2.05, 4.69) is 47.2 Å². The maximum atomic E-state index is 12.6. The molecule has 0 saturated heterocycles. The number of amides is 6. The SMILES string of the molecule is CC(C)(C)OC(=O)NNC(=O)OC(C)(C)C.COCCO.COCCOc1ccc2c(c1)OC[C@H](NC(=O)c1cc(Cc3ccccc3)on1)C(=O)N2.O=C(N[C@H]1COc2cc(O)ccc2NC1=O)c1cc(Cc2ccccc2)on1. The van der Waals surface area contributed by atoms with Gasteiger partial charge in [0.25, 0.3) is 23.6 Å². The Morgan fingerprint density at radius 1 is 0.605 bits per heavy atom. The molecule has 6 amide bonds. The van der Waals surface area contributed by atoms with Gasteiger partial charge in [-0.15, -0.1) is 0 Å². The van der Waals surface area contributed by atoms with E-state index >= 15 is 0 Å². The van der Waals surface area contributed by atoms with Crippen LogP contribution in [-0.2, 0) is 41.4 Å². The number of aromatic nitrogens is 2. The first-order valence-electron chi connectivity index (χ1n) is 25.3. The summed E-state index contributed by atoms with van der Waals surface area (Å²) >= 11 is 0. The van der Waals surface area contributed by atoms with Crippen molar-refractivity contribution in [3.8, 4) is 23.0 Å². The molecule has 25 heteroatoms. The molecule has 8 N–H and O–H groups in total. The molecule has 81 heavy (non-hydrogen) atoms. The Bertz CT molecular complexity index is 2960. The predicted octanol–water partition coefficient (Wildman–Crippen LogP) is 6.10. The van der Waals surface area contributed by atoms with Crippen molar-refractivity contribution < 1.29 is 81.2 Å². The van der Waals surface area contributed by atoms with Crippen LogP contribution < -0.4 is 46.3 Å². The lowest BCUT2D eigenvalue weighted by Crippen LogP contribution is -2.46. The summed E-state index contributed by atoms with van der Waals surface area (Å²) in [5.74, 6) is 0.608. The molecule has 6 aromatic rings. The first kappa shape index (κ1) is 62.6. The Balaban J connectivity index is 0.000000224. The van der Waals surface area contributed by atoms with Gasteiger partial charge in [0, 0.05) is 51.3 Å². The number of fused-ring (bicyclic) bond motifs is 2. The Labute approximate surface area is 467 Å². The summed E-state index contributed by atoms with van der Waals surface area (Å²) in [7, 11) is 3.15. The fourth-order valence-corrected chi connectivity index (χ4v) is 6.81. The van der Waals surface area contributed by atoms with E-state index in [9.17, 15) is 33.9 Å². The van der Waals surface area contributed by atoms with E-state index in [1.807, 2.05) is 60.7 Å². The zero-order valence-corrected chi connectivity index (χ0v) is 46.1. The topological polar surface area (TPSA) is 332 Å². The van der Waals surface area contributed by atoms with Crippen LogP contribution in [0.5, 0.6) is 23.0 Å². The first-order chi connectivity index (χ1) is 38.6. The number of nitrogens with zero attached hydrogens (tertiary/aromatic N) is 2. The zero-order valence-electron chi connectivity index (χ0n) is 46.1. The van der Waals surface area contributed by atoms with Gasteiger partial charge in [0.2, 0.25) is 0 Å². The molecule has 0 spiro atoms. The second-order valence-corrected chi connectivity index (χ2v) is 19.5. The molecule has 0 fully saturated rings. The number of aliphatic hydroxyl groups excluding tert-OH is 1. The summed E-state index contributed by atoms with van der Waals surface area (Å²) in [6.45, 7) is 11.6. The normalized spacial score (nSPS) is 14.2. The first-order valence-corrected chi connectivity index (χ1v) is 25.3. The standard InChI is InChI=1S/C23H23N3O6.C20H17N3O5.C10H20N2O4.C3H8O2/c1-29-9-10-30-16-7-8-18-21(13-16)31-14-20(23(28)24-18)25-22(27)19-12-17(32-26-19)11-15-5-3-2-4-6-15;24-13-6-7-15-18(9-13)27-11-17(20(26)21-15)22-19(25)16-10-14(28-23-16)8-12-4-2-1-3-5-12;1-9(2,3)15-7(13)11-12-8(14)16-10(4,5)6;1-5-3-2-4/h2-8,12-13,20H,9-11,14H2,1H3,(H,24,28)(H,25,27);1-7,9-10,17,24H,8,11H2,(H,21,26)(H,22,25);1-6H3,(H,11,13)(H,12,14);4H,2-3H2,1H3/t20-;17-;;/m00../s1. The third-order valence-corrected chi connectivity index (χ3v) is 10.4. The van der Waals surface area contributed by atoms with Crippen molar-refractivity contribution >= 4 is 47.2 Å². The van der Waals surface area contributed by atoms with E-state index in [0.717, 1.165) is 11.1 Å². The van der Waals surface area contributed by atoms with Crippen LogP contribution in [0.3, 0.4) is 0 Å². The molecule has 0 saturated carbocycles. The number of aliphatic hydroxyl groups is 1. The Kier molecular flexibility index (Phi) is 23.8. The van der Waals surface area contributed by atoms with E-state index < -0.39 is 59.1 Å². The minimum Gasteiger partial charge on any atom is -0.508 e. The van der Waals surface area contributed by atoms with Gasteiger partial charge in [0.15, 0.2) is 11.4 Å². The summed E-state index contributed by atoms with van der Waals surface area (Å²) in [5.41, 5.74) is 6.10. The molecular weight excluding hydrogens is 1060 g/mol. The number of phenolic OH excluding ortho intramolecular Hbond substituents is 1.